The fourth-order valence-electron chi connectivity index (χ4n) is 2.40. The minimum atomic E-state index is -0.962. The van der Waals surface area contributed by atoms with Crippen LogP contribution in [0.5, 0.6) is 0 Å². The van der Waals surface area contributed by atoms with Gasteiger partial charge in [0.2, 0.25) is 0 Å². The minimum absolute atomic E-state index is 0.452. The Morgan fingerprint density at radius 2 is 1.90 bits per heavy atom. The number of hydrogen-bond acceptors (Lipinski definition) is 2. The van der Waals surface area contributed by atoms with Gasteiger partial charge in [0.05, 0.1) is 11.3 Å². The van der Waals surface area contributed by atoms with Crippen LogP contribution in [0.1, 0.15) is 34.9 Å². The second kappa shape index (κ2) is 5.23. The Kier molecular flexibility index (Phi) is 3.94. The highest BCUT2D eigenvalue weighted by Crippen LogP contribution is 2.31. The lowest BCUT2D eigenvalue weighted by molar-refractivity contribution is 0.0574. The van der Waals surface area contributed by atoms with E-state index in [0.717, 1.165) is 16.8 Å². The number of nitrogens with zero attached hydrogens (tertiary/aromatic N) is 2. The van der Waals surface area contributed by atoms with E-state index in [-0.39, 0.29) is 0 Å². The zero-order chi connectivity index (χ0) is 15.1. The van der Waals surface area contributed by atoms with E-state index in [4.69, 9.17) is 11.6 Å². The molecule has 0 saturated heterocycles. The van der Waals surface area contributed by atoms with Crippen LogP contribution in [0.3, 0.4) is 0 Å². The van der Waals surface area contributed by atoms with Gasteiger partial charge in [0.15, 0.2) is 0 Å². The third kappa shape index (κ3) is 2.74. The Balaban J connectivity index is 2.37. The first-order valence-electron chi connectivity index (χ1n) is 6.70. The lowest BCUT2D eigenvalue weighted by Crippen LogP contribution is -2.25. The molecule has 0 bridgehead atoms. The number of rotatable bonds is 3. The number of benzene rings is 1. The van der Waals surface area contributed by atoms with Crippen molar-refractivity contribution in [1.82, 2.24) is 9.78 Å². The van der Waals surface area contributed by atoms with Crippen LogP contribution in [-0.2, 0) is 19.1 Å². The molecule has 2 rings (SSSR count). The van der Waals surface area contributed by atoms with Gasteiger partial charge >= 0.3 is 0 Å². The van der Waals surface area contributed by atoms with Crippen LogP contribution < -0.4 is 0 Å². The van der Waals surface area contributed by atoms with Crippen molar-refractivity contribution >= 4 is 11.6 Å². The van der Waals surface area contributed by atoms with E-state index >= 15 is 0 Å². The number of aromatic nitrogens is 2. The van der Waals surface area contributed by atoms with Crippen molar-refractivity contribution in [2.45, 2.75) is 39.7 Å². The Morgan fingerprint density at radius 1 is 1.25 bits per heavy atom. The first kappa shape index (κ1) is 15.1. The Hall–Kier alpha value is -1.32. The molecule has 0 aliphatic rings. The summed E-state index contributed by atoms with van der Waals surface area (Å²) < 4.78 is 1.64. The largest absolute Gasteiger partial charge is 0.385 e. The van der Waals surface area contributed by atoms with E-state index in [1.54, 1.807) is 4.68 Å². The van der Waals surface area contributed by atoms with Gasteiger partial charge < -0.3 is 5.11 Å². The van der Waals surface area contributed by atoms with Crippen LogP contribution in [-0.4, -0.2) is 14.9 Å². The summed E-state index contributed by atoms with van der Waals surface area (Å²) in [5.74, 6) is 0. The van der Waals surface area contributed by atoms with Crippen LogP contribution in [0, 0.1) is 20.8 Å². The molecule has 3 nitrogen and oxygen atoms in total. The average Bonchev–Trinajstić information content (AvgIpc) is 2.59. The summed E-state index contributed by atoms with van der Waals surface area (Å²) in [6.45, 7) is 7.85. The van der Waals surface area contributed by atoms with E-state index < -0.39 is 5.60 Å². The van der Waals surface area contributed by atoms with Crippen molar-refractivity contribution in [3.05, 3.63) is 51.3 Å². The molecule has 1 unspecified atom stereocenters. The quantitative estimate of drug-likeness (QED) is 0.941. The van der Waals surface area contributed by atoms with Crippen LogP contribution in [0.25, 0.3) is 0 Å². The number of aryl methyl sites for hydroxylation is 4. The molecule has 4 heteroatoms. The van der Waals surface area contributed by atoms with Gasteiger partial charge in [-0.1, -0.05) is 29.8 Å². The van der Waals surface area contributed by atoms with Crippen molar-refractivity contribution in [3.8, 4) is 0 Å². The lowest BCUT2D eigenvalue weighted by Gasteiger charge is -2.25. The highest BCUT2D eigenvalue weighted by molar-refractivity contribution is 6.30. The molecule has 0 fully saturated rings. The fraction of sp³-hybridized carbons (Fsp3) is 0.438. The smallest absolute Gasteiger partial charge is 0.130 e. The molecule has 0 radical (unpaired) electrons. The van der Waals surface area contributed by atoms with E-state index in [2.05, 4.69) is 18.9 Å². The summed E-state index contributed by atoms with van der Waals surface area (Å²) in [5, 5.41) is 15.7. The van der Waals surface area contributed by atoms with E-state index in [9.17, 15) is 5.11 Å². The van der Waals surface area contributed by atoms with Gasteiger partial charge in [-0.25, -0.2) is 0 Å². The molecular formula is C16H21ClN2O. The van der Waals surface area contributed by atoms with Gasteiger partial charge in [0.1, 0.15) is 5.15 Å². The normalized spacial score (nSPS) is 14.3. The zero-order valence-electron chi connectivity index (χ0n) is 12.7. The third-order valence-corrected chi connectivity index (χ3v) is 4.39. The first-order chi connectivity index (χ1) is 9.22. The van der Waals surface area contributed by atoms with Gasteiger partial charge in [-0.2, -0.15) is 5.10 Å². The van der Waals surface area contributed by atoms with Gasteiger partial charge in [-0.05, 0) is 44.4 Å². The van der Waals surface area contributed by atoms with Crippen molar-refractivity contribution in [2.24, 2.45) is 7.05 Å². The molecule has 1 heterocycles. The molecule has 0 aliphatic heterocycles. The molecule has 0 spiro atoms. The van der Waals surface area contributed by atoms with Crippen LogP contribution >= 0.6 is 11.6 Å². The van der Waals surface area contributed by atoms with E-state index in [0.29, 0.717) is 11.6 Å². The molecule has 1 N–H and O–H groups in total. The number of halogens is 1. The summed E-state index contributed by atoms with van der Waals surface area (Å²) in [6, 6.07) is 6.05. The topological polar surface area (TPSA) is 38.1 Å². The number of hydrogen-bond donors (Lipinski definition) is 1. The maximum atomic E-state index is 10.8. The van der Waals surface area contributed by atoms with Gasteiger partial charge in [-0.3, -0.25) is 4.68 Å². The predicted molar refractivity (Wildman–Crippen MR) is 82.1 cm³/mol. The maximum Gasteiger partial charge on any atom is 0.130 e. The van der Waals surface area contributed by atoms with Crippen molar-refractivity contribution in [1.29, 1.82) is 0 Å². The van der Waals surface area contributed by atoms with Gasteiger partial charge in [-0.15, -0.1) is 0 Å². The van der Waals surface area contributed by atoms with Crippen molar-refractivity contribution in [3.63, 3.8) is 0 Å². The molecule has 108 valence electrons. The average molecular weight is 293 g/mol. The Morgan fingerprint density at radius 3 is 2.40 bits per heavy atom. The molecule has 1 atom stereocenters. The predicted octanol–water partition coefficient (Wildman–Crippen LogP) is 3.45. The van der Waals surface area contributed by atoms with Gasteiger partial charge in [0.25, 0.3) is 0 Å². The molecular weight excluding hydrogens is 272 g/mol. The second-order valence-corrected chi connectivity index (χ2v) is 6.09. The van der Waals surface area contributed by atoms with E-state index in [1.807, 2.05) is 39.1 Å². The number of aliphatic hydroxyl groups is 1. The van der Waals surface area contributed by atoms with Gasteiger partial charge in [0, 0.05) is 19.0 Å². The third-order valence-electron chi connectivity index (χ3n) is 3.92. The first-order valence-corrected chi connectivity index (χ1v) is 7.08. The highest BCUT2D eigenvalue weighted by Gasteiger charge is 2.27. The molecule has 2 aromatic rings. The second-order valence-electron chi connectivity index (χ2n) is 5.73. The Bertz CT molecular complexity index is 644. The van der Waals surface area contributed by atoms with Crippen LogP contribution in [0.15, 0.2) is 18.2 Å². The Labute approximate surface area is 125 Å². The SMILES string of the molecule is Cc1ccc(C(C)(O)Cc2c(C)nn(C)c2Cl)cc1C. The van der Waals surface area contributed by atoms with Crippen molar-refractivity contribution < 1.29 is 5.11 Å². The highest BCUT2D eigenvalue weighted by atomic mass is 35.5. The van der Waals surface area contributed by atoms with Crippen LogP contribution in [0.2, 0.25) is 5.15 Å². The molecule has 0 aliphatic carbocycles. The molecule has 0 amide bonds. The summed E-state index contributed by atoms with van der Waals surface area (Å²) >= 11 is 6.25. The lowest BCUT2D eigenvalue weighted by atomic mass is 9.87. The van der Waals surface area contributed by atoms with Crippen LogP contribution in [0.4, 0.5) is 0 Å². The fourth-order valence-corrected chi connectivity index (χ4v) is 2.64. The molecule has 20 heavy (non-hydrogen) atoms. The monoisotopic (exact) mass is 292 g/mol. The van der Waals surface area contributed by atoms with E-state index in [1.165, 1.54) is 11.1 Å². The van der Waals surface area contributed by atoms with Crippen molar-refractivity contribution in [2.75, 3.05) is 0 Å². The molecule has 1 aromatic carbocycles. The summed E-state index contributed by atoms with van der Waals surface area (Å²) in [4.78, 5) is 0. The zero-order valence-corrected chi connectivity index (χ0v) is 13.4. The summed E-state index contributed by atoms with van der Waals surface area (Å²) in [6.07, 6.45) is 0.452. The summed E-state index contributed by atoms with van der Waals surface area (Å²) in [7, 11) is 1.81. The minimum Gasteiger partial charge on any atom is -0.385 e. The molecule has 0 saturated carbocycles. The maximum absolute atomic E-state index is 10.8. The summed E-state index contributed by atoms with van der Waals surface area (Å²) in [5.41, 5.74) is 4.10. The standard InChI is InChI=1S/C16H21ClN2O/c1-10-6-7-13(8-11(10)2)16(4,20)9-14-12(3)18-19(5)15(14)17/h6-8,20H,9H2,1-5H3. The molecule has 1 aromatic heterocycles.